The molecule has 1 unspecified atom stereocenters. The number of allylic oxidation sites excluding steroid dienone is 1. The molecule has 4 heteroatoms. The van der Waals surface area contributed by atoms with E-state index in [0.717, 1.165) is 5.57 Å². The molecule has 13 heavy (non-hydrogen) atoms. The maximum absolute atomic E-state index is 11.6. The van der Waals surface area contributed by atoms with E-state index in [4.69, 9.17) is 11.6 Å². The van der Waals surface area contributed by atoms with Crippen LogP contribution in [0.5, 0.6) is 0 Å². The number of sulfone groups is 1. The highest BCUT2D eigenvalue weighted by Gasteiger charge is 2.48. The lowest BCUT2D eigenvalue weighted by molar-refractivity contribution is 0.478. The van der Waals surface area contributed by atoms with Gasteiger partial charge < -0.3 is 0 Å². The van der Waals surface area contributed by atoms with Crippen LogP contribution in [0.4, 0.5) is 0 Å². The van der Waals surface area contributed by atoms with Gasteiger partial charge in [0.05, 0.1) is 10.5 Å². The quantitative estimate of drug-likeness (QED) is 0.529. The van der Waals surface area contributed by atoms with Crippen LogP contribution in [0.2, 0.25) is 0 Å². The first-order chi connectivity index (χ1) is 5.83. The van der Waals surface area contributed by atoms with Gasteiger partial charge in [-0.2, -0.15) is 0 Å². The van der Waals surface area contributed by atoms with Gasteiger partial charge in [-0.15, -0.1) is 11.6 Å². The van der Waals surface area contributed by atoms with E-state index in [0.29, 0.717) is 12.3 Å². The molecule has 2 nitrogen and oxygen atoms in total. The minimum atomic E-state index is -2.95. The fourth-order valence-electron chi connectivity index (χ4n) is 1.89. The Morgan fingerprint density at radius 2 is 2.15 bits per heavy atom. The first-order valence-corrected chi connectivity index (χ1v) is 6.47. The van der Waals surface area contributed by atoms with Crippen molar-refractivity contribution in [1.82, 2.24) is 0 Å². The third-order valence-corrected chi connectivity index (χ3v) is 5.98. The number of alkyl halides is 1. The van der Waals surface area contributed by atoms with E-state index in [1.54, 1.807) is 13.8 Å². The Labute approximate surface area is 84.9 Å². The van der Waals surface area contributed by atoms with Gasteiger partial charge in [-0.1, -0.05) is 12.2 Å². The predicted molar refractivity (Wildman–Crippen MR) is 55.8 cm³/mol. The van der Waals surface area contributed by atoms with Crippen molar-refractivity contribution in [2.24, 2.45) is 5.92 Å². The molecule has 1 aliphatic rings. The van der Waals surface area contributed by atoms with Crippen molar-refractivity contribution in [3.05, 3.63) is 12.2 Å². The predicted octanol–water partition coefficient (Wildman–Crippen LogP) is 1.99. The molecule has 0 spiro atoms. The number of halogens is 1. The van der Waals surface area contributed by atoms with Crippen LogP contribution in [0.25, 0.3) is 0 Å². The standard InChI is InChI=1S/C9H15ClO2S/c1-7(6-10)8-4-5-13(11,12)9(8,2)3/h8H,1,4-6H2,2-3H3. The van der Waals surface area contributed by atoms with E-state index in [1.165, 1.54) is 0 Å². The molecule has 0 aromatic rings. The topological polar surface area (TPSA) is 34.1 Å². The molecular weight excluding hydrogens is 208 g/mol. The Morgan fingerprint density at radius 1 is 1.62 bits per heavy atom. The van der Waals surface area contributed by atoms with Gasteiger partial charge in [-0.25, -0.2) is 8.42 Å². The van der Waals surface area contributed by atoms with Crippen molar-refractivity contribution in [2.45, 2.75) is 25.0 Å². The van der Waals surface area contributed by atoms with Gasteiger partial charge in [-0.3, -0.25) is 0 Å². The molecule has 0 aliphatic carbocycles. The third-order valence-electron chi connectivity index (χ3n) is 2.98. The second-order valence-electron chi connectivity index (χ2n) is 4.06. The summed E-state index contributed by atoms with van der Waals surface area (Å²) in [5.41, 5.74) is 0.841. The lowest BCUT2D eigenvalue weighted by Gasteiger charge is -2.26. The van der Waals surface area contributed by atoms with E-state index < -0.39 is 14.6 Å². The van der Waals surface area contributed by atoms with Crippen molar-refractivity contribution in [3.63, 3.8) is 0 Å². The summed E-state index contributed by atoms with van der Waals surface area (Å²) < 4.78 is 22.6. The summed E-state index contributed by atoms with van der Waals surface area (Å²) >= 11 is 5.66. The molecule has 1 aliphatic heterocycles. The third kappa shape index (κ3) is 1.64. The number of hydrogen-bond acceptors (Lipinski definition) is 2. The van der Waals surface area contributed by atoms with E-state index in [9.17, 15) is 8.42 Å². The maximum atomic E-state index is 11.6. The zero-order valence-corrected chi connectivity index (χ0v) is 9.58. The normalized spacial score (nSPS) is 30.2. The second kappa shape index (κ2) is 3.28. The molecule has 0 bridgehead atoms. The average Bonchev–Trinajstić information content (AvgIpc) is 2.22. The van der Waals surface area contributed by atoms with E-state index in [2.05, 4.69) is 6.58 Å². The van der Waals surface area contributed by atoms with Crippen LogP contribution < -0.4 is 0 Å². The summed E-state index contributed by atoms with van der Waals surface area (Å²) in [5, 5.41) is 0. The molecule has 0 amide bonds. The second-order valence-corrected chi connectivity index (χ2v) is 7.01. The Balaban J connectivity index is 3.02. The van der Waals surface area contributed by atoms with E-state index in [1.807, 2.05) is 0 Å². The van der Waals surface area contributed by atoms with Crippen LogP contribution >= 0.6 is 11.6 Å². The Hall–Kier alpha value is -0.0200. The summed E-state index contributed by atoms with van der Waals surface area (Å²) in [6, 6.07) is 0. The monoisotopic (exact) mass is 222 g/mol. The smallest absolute Gasteiger partial charge is 0.156 e. The zero-order chi connectivity index (χ0) is 10.3. The molecule has 0 radical (unpaired) electrons. The van der Waals surface area contributed by atoms with Gasteiger partial charge in [-0.05, 0) is 20.3 Å². The molecule has 1 atom stereocenters. The fourth-order valence-corrected chi connectivity index (χ4v) is 3.87. The summed E-state index contributed by atoms with van der Waals surface area (Å²) in [5.74, 6) is 0.638. The zero-order valence-electron chi connectivity index (χ0n) is 8.01. The van der Waals surface area contributed by atoms with Crippen molar-refractivity contribution in [2.75, 3.05) is 11.6 Å². The van der Waals surface area contributed by atoms with Gasteiger partial charge in [0.15, 0.2) is 9.84 Å². The van der Waals surface area contributed by atoms with Crippen LogP contribution in [0, 0.1) is 5.92 Å². The number of rotatable bonds is 2. The first kappa shape index (κ1) is 11.1. The van der Waals surface area contributed by atoms with Crippen LogP contribution in [-0.2, 0) is 9.84 Å². The van der Waals surface area contributed by atoms with Gasteiger partial charge in [0.2, 0.25) is 0 Å². The molecule has 1 heterocycles. The summed E-state index contributed by atoms with van der Waals surface area (Å²) in [6.45, 7) is 7.34. The van der Waals surface area contributed by atoms with Crippen LogP contribution in [0.15, 0.2) is 12.2 Å². The summed E-state index contributed by atoms with van der Waals surface area (Å²) in [7, 11) is -2.95. The highest BCUT2D eigenvalue weighted by Crippen LogP contribution is 2.41. The van der Waals surface area contributed by atoms with Gasteiger partial charge in [0.1, 0.15) is 0 Å². The first-order valence-electron chi connectivity index (χ1n) is 4.29. The van der Waals surface area contributed by atoms with Gasteiger partial charge >= 0.3 is 0 Å². The van der Waals surface area contributed by atoms with Crippen LogP contribution in [-0.4, -0.2) is 24.8 Å². The fraction of sp³-hybridized carbons (Fsp3) is 0.778. The van der Waals surface area contributed by atoms with Crippen molar-refractivity contribution in [1.29, 1.82) is 0 Å². The van der Waals surface area contributed by atoms with Crippen molar-refractivity contribution in [3.8, 4) is 0 Å². The molecule has 0 saturated carbocycles. The Kier molecular flexibility index (Phi) is 2.79. The lowest BCUT2D eigenvalue weighted by atomic mass is 9.87. The molecule has 1 rings (SSSR count). The average molecular weight is 223 g/mol. The molecule has 0 aromatic carbocycles. The largest absolute Gasteiger partial charge is 0.228 e. The minimum absolute atomic E-state index is 0.0231. The van der Waals surface area contributed by atoms with Crippen LogP contribution in [0.3, 0.4) is 0 Å². The van der Waals surface area contributed by atoms with Gasteiger partial charge in [0.25, 0.3) is 0 Å². The SMILES string of the molecule is C=C(CCl)C1CCS(=O)(=O)C1(C)C. The maximum Gasteiger partial charge on any atom is 0.156 e. The summed E-state index contributed by atoms with van der Waals surface area (Å²) in [4.78, 5) is 0. The minimum Gasteiger partial charge on any atom is -0.228 e. The van der Waals surface area contributed by atoms with E-state index in [-0.39, 0.29) is 11.7 Å². The summed E-state index contributed by atoms with van der Waals surface area (Å²) in [6.07, 6.45) is 0.668. The molecule has 76 valence electrons. The van der Waals surface area contributed by atoms with Crippen molar-refractivity contribution < 1.29 is 8.42 Å². The Bertz CT molecular complexity index is 317. The van der Waals surface area contributed by atoms with Crippen molar-refractivity contribution >= 4 is 21.4 Å². The molecular formula is C9H15ClO2S. The molecule has 0 N–H and O–H groups in total. The van der Waals surface area contributed by atoms with Crippen LogP contribution in [0.1, 0.15) is 20.3 Å². The lowest BCUT2D eigenvalue weighted by Crippen LogP contribution is -2.34. The van der Waals surface area contributed by atoms with E-state index >= 15 is 0 Å². The Morgan fingerprint density at radius 3 is 2.46 bits per heavy atom. The molecule has 1 saturated heterocycles. The number of hydrogen-bond donors (Lipinski definition) is 0. The highest BCUT2D eigenvalue weighted by atomic mass is 35.5. The van der Waals surface area contributed by atoms with Gasteiger partial charge in [0, 0.05) is 11.8 Å². The molecule has 0 aromatic heterocycles. The highest BCUT2D eigenvalue weighted by molar-refractivity contribution is 7.93. The molecule has 1 fully saturated rings.